The number of nitrogens with one attached hydrogen (secondary N) is 1. The summed E-state index contributed by atoms with van der Waals surface area (Å²) in [7, 11) is 0. The van der Waals surface area contributed by atoms with Crippen molar-refractivity contribution in [1.82, 2.24) is 15.0 Å². The standard InChI is InChI=1S/C24H27ClN4O3/c25-16-3-5-17(6-4-16)28-24-27-14-21-22(29-24)20(15-1-7-18(30)8-2-15)13-26-23(21)32-19-9-11-31-12-10-19/h3-6,13-15,18-19,30H,1-2,7-12H2,(H,27,28,29). The van der Waals surface area contributed by atoms with Crippen LogP contribution >= 0.6 is 11.6 Å². The van der Waals surface area contributed by atoms with Crippen LogP contribution in [0.2, 0.25) is 5.02 Å². The van der Waals surface area contributed by atoms with Gasteiger partial charge in [-0.25, -0.2) is 15.0 Å². The van der Waals surface area contributed by atoms with Crippen LogP contribution in [0.1, 0.15) is 50.0 Å². The van der Waals surface area contributed by atoms with E-state index in [2.05, 4.69) is 15.3 Å². The lowest BCUT2D eigenvalue weighted by molar-refractivity contribution is 0.0244. The maximum Gasteiger partial charge on any atom is 0.227 e. The summed E-state index contributed by atoms with van der Waals surface area (Å²) in [4.78, 5) is 14.1. The van der Waals surface area contributed by atoms with E-state index in [1.807, 2.05) is 30.5 Å². The number of aliphatic hydroxyl groups is 1. The first-order valence-electron chi connectivity index (χ1n) is 11.3. The Balaban J connectivity index is 1.50. The number of hydrogen-bond acceptors (Lipinski definition) is 7. The minimum Gasteiger partial charge on any atom is -0.474 e. The molecule has 1 saturated heterocycles. The zero-order valence-electron chi connectivity index (χ0n) is 17.8. The van der Waals surface area contributed by atoms with Crippen molar-refractivity contribution in [2.24, 2.45) is 0 Å². The van der Waals surface area contributed by atoms with Gasteiger partial charge in [0.2, 0.25) is 11.8 Å². The third-order valence-electron chi connectivity index (χ3n) is 6.30. The van der Waals surface area contributed by atoms with Gasteiger partial charge in [-0.2, -0.15) is 0 Å². The van der Waals surface area contributed by atoms with E-state index in [9.17, 15) is 5.11 Å². The van der Waals surface area contributed by atoms with E-state index in [0.717, 1.165) is 60.7 Å². The lowest BCUT2D eigenvalue weighted by Crippen LogP contribution is -2.26. The molecule has 32 heavy (non-hydrogen) atoms. The summed E-state index contributed by atoms with van der Waals surface area (Å²) in [6.45, 7) is 1.41. The Kier molecular flexibility index (Phi) is 6.39. The fourth-order valence-electron chi connectivity index (χ4n) is 4.47. The van der Waals surface area contributed by atoms with Crippen molar-refractivity contribution in [3.63, 3.8) is 0 Å². The molecule has 0 amide bonds. The summed E-state index contributed by atoms with van der Waals surface area (Å²) in [6, 6.07) is 7.44. The average Bonchev–Trinajstić information content (AvgIpc) is 2.82. The number of fused-ring (bicyclic) bond motifs is 1. The van der Waals surface area contributed by atoms with Crippen molar-refractivity contribution in [1.29, 1.82) is 0 Å². The van der Waals surface area contributed by atoms with Gasteiger partial charge in [0.1, 0.15) is 6.10 Å². The highest BCUT2D eigenvalue weighted by Gasteiger charge is 2.25. The Morgan fingerprint density at radius 1 is 0.969 bits per heavy atom. The normalized spacial score (nSPS) is 22.1. The summed E-state index contributed by atoms with van der Waals surface area (Å²) in [6.07, 6.45) is 8.71. The van der Waals surface area contributed by atoms with E-state index in [0.29, 0.717) is 36.0 Å². The molecular formula is C24H27ClN4O3. The number of pyridine rings is 1. The smallest absolute Gasteiger partial charge is 0.227 e. The molecule has 3 aromatic rings. The van der Waals surface area contributed by atoms with Gasteiger partial charge >= 0.3 is 0 Å². The van der Waals surface area contributed by atoms with Crippen LogP contribution in [0.4, 0.5) is 11.6 Å². The Hall–Kier alpha value is -2.48. The Bertz CT molecular complexity index is 1060. The van der Waals surface area contributed by atoms with E-state index in [1.165, 1.54) is 0 Å². The molecule has 3 heterocycles. The molecule has 2 aliphatic rings. The topological polar surface area (TPSA) is 89.4 Å². The Labute approximate surface area is 192 Å². The maximum atomic E-state index is 9.95. The number of anilines is 2. The second kappa shape index (κ2) is 9.57. The highest BCUT2D eigenvalue weighted by atomic mass is 35.5. The lowest BCUT2D eigenvalue weighted by atomic mass is 9.83. The first-order valence-corrected chi connectivity index (χ1v) is 11.6. The molecule has 2 fully saturated rings. The number of aliphatic hydroxyl groups excluding tert-OH is 1. The molecule has 0 bridgehead atoms. The molecule has 2 N–H and O–H groups in total. The van der Waals surface area contributed by atoms with Crippen molar-refractivity contribution in [3.8, 4) is 5.88 Å². The molecule has 1 aliphatic carbocycles. The van der Waals surface area contributed by atoms with E-state index in [-0.39, 0.29) is 12.2 Å². The first-order chi connectivity index (χ1) is 15.7. The van der Waals surface area contributed by atoms with Crippen molar-refractivity contribution in [2.45, 2.75) is 56.7 Å². The van der Waals surface area contributed by atoms with Crippen LogP contribution in [0.25, 0.3) is 10.9 Å². The van der Waals surface area contributed by atoms with Gasteiger partial charge in [0, 0.05) is 41.5 Å². The van der Waals surface area contributed by atoms with Crippen molar-refractivity contribution in [2.75, 3.05) is 18.5 Å². The van der Waals surface area contributed by atoms with Crippen LogP contribution in [0.5, 0.6) is 5.88 Å². The highest BCUT2D eigenvalue weighted by Crippen LogP contribution is 2.38. The highest BCUT2D eigenvalue weighted by molar-refractivity contribution is 6.30. The third-order valence-corrected chi connectivity index (χ3v) is 6.55. The number of hydrogen-bond donors (Lipinski definition) is 2. The summed E-state index contributed by atoms with van der Waals surface area (Å²) in [5.41, 5.74) is 2.81. The van der Waals surface area contributed by atoms with E-state index in [4.69, 9.17) is 26.1 Å². The minimum absolute atomic E-state index is 0.0852. The van der Waals surface area contributed by atoms with E-state index in [1.54, 1.807) is 6.20 Å². The first kappa shape index (κ1) is 21.4. The van der Waals surface area contributed by atoms with Gasteiger partial charge in [0.25, 0.3) is 0 Å². The molecule has 5 rings (SSSR count). The van der Waals surface area contributed by atoms with Crippen molar-refractivity contribution in [3.05, 3.63) is 47.2 Å². The fourth-order valence-corrected chi connectivity index (χ4v) is 4.60. The van der Waals surface area contributed by atoms with E-state index >= 15 is 0 Å². The van der Waals surface area contributed by atoms with Crippen LogP contribution in [-0.4, -0.2) is 45.5 Å². The molecule has 0 radical (unpaired) electrons. The van der Waals surface area contributed by atoms with Crippen LogP contribution < -0.4 is 10.1 Å². The molecule has 1 saturated carbocycles. The average molecular weight is 455 g/mol. The number of benzene rings is 1. The fraction of sp³-hybridized carbons (Fsp3) is 0.458. The second-order valence-corrected chi connectivity index (χ2v) is 8.98. The number of ether oxygens (including phenoxy) is 2. The summed E-state index contributed by atoms with van der Waals surface area (Å²) >= 11 is 6.00. The summed E-state index contributed by atoms with van der Waals surface area (Å²) in [5, 5.41) is 14.7. The van der Waals surface area contributed by atoms with Crippen LogP contribution in [0.15, 0.2) is 36.7 Å². The van der Waals surface area contributed by atoms with Gasteiger partial charge in [0.15, 0.2) is 0 Å². The number of nitrogens with zero attached hydrogens (tertiary/aromatic N) is 3. The van der Waals surface area contributed by atoms with Gasteiger partial charge in [-0.05, 0) is 55.9 Å². The number of rotatable bonds is 5. The van der Waals surface area contributed by atoms with Gasteiger partial charge in [-0.3, -0.25) is 0 Å². The Morgan fingerprint density at radius 2 is 1.72 bits per heavy atom. The minimum atomic E-state index is -0.210. The summed E-state index contributed by atoms with van der Waals surface area (Å²) < 4.78 is 11.7. The summed E-state index contributed by atoms with van der Waals surface area (Å²) in [5.74, 6) is 1.40. The second-order valence-electron chi connectivity index (χ2n) is 8.54. The zero-order chi connectivity index (χ0) is 21.9. The zero-order valence-corrected chi connectivity index (χ0v) is 18.6. The third kappa shape index (κ3) is 4.80. The Morgan fingerprint density at radius 3 is 2.47 bits per heavy atom. The molecule has 8 heteroatoms. The maximum absolute atomic E-state index is 9.95. The van der Waals surface area contributed by atoms with Crippen LogP contribution in [-0.2, 0) is 4.74 Å². The van der Waals surface area contributed by atoms with E-state index < -0.39 is 0 Å². The molecule has 0 spiro atoms. The quantitative estimate of drug-likeness (QED) is 0.560. The largest absolute Gasteiger partial charge is 0.474 e. The molecule has 1 aliphatic heterocycles. The van der Waals surface area contributed by atoms with Crippen molar-refractivity contribution < 1.29 is 14.6 Å². The monoisotopic (exact) mass is 454 g/mol. The predicted molar refractivity (Wildman–Crippen MR) is 124 cm³/mol. The van der Waals surface area contributed by atoms with Crippen LogP contribution in [0.3, 0.4) is 0 Å². The predicted octanol–water partition coefficient (Wildman–Crippen LogP) is 5.00. The van der Waals surface area contributed by atoms with Gasteiger partial charge in [-0.1, -0.05) is 11.6 Å². The molecule has 0 unspecified atom stereocenters. The molecule has 168 valence electrons. The molecule has 7 nitrogen and oxygen atoms in total. The number of halogens is 1. The van der Waals surface area contributed by atoms with Crippen LogP contribution in [0, 0.1) is 0 Å². The molecule has 1 aromatic carbocycles. The van der Waals surface area contributed by atoms with Gasteiger partial charge in [0.05, 0.1) is 30.2 Å². The molecule has 0 atom stereocenters. The number of aromatic nitrogens is 3. The lowest BCUT2D eigenvalue weighted by Gasteiger charge is -2.27. The molecular weight excluding hydrogens is 428 g/mol. The SMILES string of the molecule is OC1CCC(c2cnc(OC3CCOCC3)c3cnc(Nc4ccc(Cl)cc4)nc23)CC1. The molecule has 2 aromatic heterocycles. The van der Waals surface area contributed by atoms with Crippen molar-refractivity contribution >= 4 is 34.1 Å². The van der Waals surface area contributed by atoms with Gasteiger partial charge in [-0.15, -0.1) is 0 Å². The van der Waals surface area contributed by atoms with Gasteiger partial charge < -0.3 is 19.9 Å².